The van der Waals surface area contributed by atoms with Crippen molar-refractivity contribution < 1.29 is 19.5 Å². The van der Waals surface area contributed by atoms with Crippen molar-refractivity contribution in [2.45, 2.75) is 37.8 Å². The van der Waals surface area contributed by atoms with Crippen LogP contribution in [0.15, 0.2) is 24.3 Å². The average Bonchev–Trinajstić information content (AvgIpc) is 3.40. The third kappa shape index (κ3) is 4.60. The molecule has 0 spiro atoms. The molecule has 2 fully saturated rings. The van der Waals surface area contributed by atoms with Crippen molar-refractivity contribution in [3.8, 4) is 0 Å². The molecule has 3 rings (SSSR count). The molecule has 140 valence electrons. The normalized spacial score (nSPS) is 21.8. The molecule has 0 saturated heterocycles. The van der Waals surface area contributed by atoms with Gasteiger partial charge in [0.05, 0.1) is 6.54 Å². The van der Waals surface area contributed by atoms with Gasteiger partial charge in [-0.3, -0.25) is 19.3 Å². The lowest BCUT2D eigenvalue weighted by molar-refractivity contribution is -0.139. The molecule has 0 aromatic heterocycles. The van der Waals surface area contributed by atoms with E-state index in [0.29, 0.717) is 17.0 Å². The fraction of sp³-hybridized carbons (Fsp3) is 0.526. The highest BCUT2D eigenvalue weighted by atomic mass is 16.4. The summed E-state index contributed by atoms with van der Waals surface area (Å²) in [4.78, 5) is 37.2. The highest BCUT2D eigenvalue weighted by Gasteiger charge is 2.37. The molecule has 7 heteroatoms. The van der Waals surface area contributed by atoms with E-state index in [1.807, 2.05) is 4.90 Å². The van der Waals surface area contributed by atoms with Crippen LogP contribution >= 0.6 is 0 Å². The van der Waals surface area contributed by atoms with Crippen molar-refractivity contribution >= 4 is 17.8 Å². The van der Waals surface area contributed by atoms with E-state index in [1.165, 1.54) is 12.8 Å². The molecular weight excluding hydrogens is 334 g/mol. The zero-order valence-electron chi connectivity index (χ0n) is 14.9. The number of carbonyl (C=O) groups is 3. The highest BCUT2D eigenvalue weighted by Crippen LogP contribution is 2.33. The van der Waals surface area contributed by atoms with Crippen LogP contribution < -0.4 is 10.6 Å². The van der Waals surface area contributed by atoms with E-state index in [-0.39, 0.29) is 30.4 Å². The summed E-state index contributed by atoms with van der Waals surface area (Å²) in [7, 11) is 1.55. The summed E-state index contributed by atoms with van der Waals surface area (Å²) in [5.41, 5.74) is 0.902. The Morgan fingerprint density at radius 1 is 1.15 bits per heavy atom. The Morgan fingerprint density at radius 2 is 1.81 bits per heavy atom. The smallest absolute Gasteiger partial charge is 0.317 e. The van der Waals surface area contributed by atoms with Gasteiger partial charge in [-0.05, 0) is 49.8 Å². The number of hydrogen-bond donors (Lipinski definition) is 3. The van der Waals surface area contributed by atoms with Gasteiger partial charge in [-0.15, -0.1) is 0 Å². The van der Waals surface area contributed by atoms with E-state index in [0.717, 1.165) is 19.4 Å². The molecule has 2 aliphatic rings. The van der Waals surface area contributed by atoms with Gasteiger partial charge in [-0.25, -0.2) is 0 Å². The van der Waals surface area contributed by atoms with Crippen LogP contribution in [0.3, 0.4) is 0 Å². The zero-order valence-corrected chi connectivity index (χ0v) is 14.9. The van der Waals surface area contributed by atoms with Crippen molar-refractivity contribution in [2.75, 3.05) is 20.1 Å². The molecule has 0 atom stereocenters. The van der Waals surface area contributed by atoms with Crippen molar-refractivity contribution in [3.05, 3.63) is 35.4 Å². The lowest BCUT2D eigenvalue weighted by Crippen LogP contribution is -2.55. The van der Waals surface area contributed by atoms with E-state index in [9.17, 15) is 14.4 Å². The summed E-state index contributed by atoms with van der Waals surface area (Å²) in [6, 6.07) is 6.88. The quantitative estimate of drug-likeness (QED) is 0.646. The molecular formula is C19H25N3O4. The number of benzene rings is 1. The topological polar surface area (TPSA) is 98.7 Å². The number of amides is 2. The van der Waals surface area contributed by atoms with E-state index >= 15 is 0 Å². The van der Waals surface area contributed by atoms with Crippen LogP contribution in [0, 0.1) is 5.92 Å². The summed E-state index contributed by atoms with van der Waals surface area (Å²) in [5.74, 6) is -0.599. The van der Waals surface area contributed by atoms with Crippen LogP contribution in [0.2, 0.25) is 0 Å². The Morgan fingerprint density at radius 3 is 2.38 bits per heavy atom. The number of carboxylic acid groups (broad SMARTS) is 1. The summed E-state index contributed by atoms with van der Waals surface area (Å²) < 4.78 is 0. The first-order valence-corrected chi connectivity index (χ1v) is 9.05. The minimum absolute atomic E-state index is 0.0478. The van der Waals surface area contributed by atoms with Crippen molar-refractivity contribution in [1.82, 2.24) is 15.5 Å². The second-order valence-electron chi connectivity index (χ2n) is 7.22. The minimum Gasteiger partial charge on any atom is -0.480 e. The number of carboxylic acids is 1. The first kappa shape index (κ1) is 18.4. The number of nitrogens with zero attached hydrogens (tertiary/aromatic N) is 1. The summed E-state index contributed by atoms with van der Waals surface area (Å²) in [5, 5.41) is 14.6. The highest BCUT2D eigenvalue weighted by molar-refractivity contribution is 5.99. The standard InChI is InChI=1S/C19H25N3O4/c1-20-18(25)13-3-2-4-14(7-13)19(26)21-15-8-16(9-15)22(11-17(23)24)10-12-5-6-12/h2-4,7,12,15-16H,5-6,8-11H2,1H3,(H,20,25)(H,21,26)(H,23,24). The third-order valence-corrected chi connectivity index (χ3v) is 5.11. The predicted molar refractivity (Wildman–Crippen MR) is 96.0 cm³/mol. The van der Waals surface area contributed by atoms with Gasteiger partial charge < -0.3 is 15.7 Å². The van der Waals surface area contributed by atoms with Crippen molar-refractivity contribution in [1.29, 1.82) is 0 Å². The van der Waals surface area contributed by atoms with E-state index < -0.39 is 5.97 Å². The van der Waals surface area contributed by atoms with Crippen LogP contribution in [-0.4, -0.2) is 60.0 Å². The lowest BCUT2D eigenvalue weighted by atomic mass is 9.85. The fourth-order valence-electron chi connectivity index (χ4n) is 3.37. The van der Waals surface area contributed by atoms with Gasteiger partial charge in [0.1, 0.15) is 0 Å². The second kappa shape index (κ2) is 7.86. The Labute approximate surface area is 152 Å². The van der Waals surface area contributed by atoms with Crippen molar-refractivity contribution in [2.24, 2.45) is 5.92 Å². The van der Waals surface area contributed by atoms with E-state index in [4.69, 9.17) is 5.11 Å². The average molecular weight is 359 g/mol. The van der Waals surface area contributed by atoms with Crippen LogP contribution in [0.1, 0.15) is 46.4 Å². The maximum atomic E-state index is 12.4. The molecule has 0 aliphatic heterocycles. The second-order valence-corrected chi connectivity index (χ2v) is 7.22. The molecule has 26 heavy (non-hydrogen) atoms. The van der Waals surface area contributed by atoms with Gasteiger partial charge in [0.2, 0.25) is 0 Å². The van der Waals surface area contributed by atoms with Gasteiger partial charge in [0.15, 0.2) is 0 Å². The Kier molecular flexibility index (Phi) is 5.56. The number of rotatable bonds is 8. The Bertz CT molecular complexity index is 696. The Hall–Kier alpha value is -2.41. The maximum absolute atomic E-state index is 12.4. The monoisotopic (exact) mass is 359 g/mol. The third-order valence-electron chi connectivity index (χ3n) is 5.11. The van der Waals surface area contributed by atoms with Crippen LogP contribution in [-0.2, 0) is 4.79 Å². The zero-order chi connectivity index (χ0) is 18.7. The van der Waals surface area contributed by atoms with Crippen molar-refractivity contribution in [3.63, 3.8) is 0 Å². The van der Waals surface area contributed by atoms with Gasteiger partial charge in [0.25, 0.3) is 11.8 Å². The SMILES string of the molecule is CNC(=O)c1cccc(C(=O)NC2CC(N(CC(=O)O)CC3CC3)C2)c1. The predicted octanol–water partition coefficient (Wildman–Crippen LogP) is 1.10. The lowest BCUT2D eigenvalue weighted by Gasteiger charge is -2.42. The van der Waals surface area contributed by atoms with E-state index in [1.54, 1.807) is 31.3 Å². The molecule has 0 unspecified atom stereocenters. The maximum Gasteiger partial charge on any atom is 0.317 e. The van der Waals surface area contributed by atoms with Gasteiger partial charge in [-0.2, -0.15) is 0 Å². The Balaban J connectivity index is 1.52. The molecule has 7 nitrogen and oxygen atoms in total. The molecule has 2 aliphatic carbocycles. The van der Waals surface area contributed by atoms with Gasteiger partial charge in [-0.1, -0.05) is 6.07 Å². The molecule has 1 aromatic rings. The summed E-state index contributed by atoms with van der Waals surface area (Å²) in [6.45, 7) is 0.905. The van der Waals surface area contributed by atoms with Crippen LogP contribution in [0.5, 0.6) is 0 Å². The molecule has 0 heterocycles. The first-order valence-electron chi connectivity index (χ1n) is 9.05. The number of hydrogen-bond acceptors (Lipinski definition) is 4. The van der Waals surface area contributed by atoms with Crippen LogP contribution in [0.4, 0.5) is 0 Å². The summed E-state index contributed by atoms with van der Waals surface area (Å²) >= 11 is 0. The molecule has 3 N–H and O–H groups in total. The molecule has 1 aromatic carbocycles. The molecule has 2 amide bonds. The number of carbonyl (C=O) groups excluding carboxylic acids is 2. The largest absolute Gasteiger partial charge is 0.480 e. The fourth-order valence-corrected chi connectivity index (χ4v) is 3.37. The number of nitrogens with one attached hydrogen (secondary N) is 2. The van der Waals surface area contributed by atoms with Gasteiger partial charge in [0, 0.05) is 36.8 Å². The molecule has 2 saturated carbocycles. The summed E-state index contributed by atoms with van der Waals surface area (Å²) in [6.07, 6.45) is 3.90. The molecule has 0 radical (unpaired) electrons. The first-order chi connectivity index (χ1) is 12.5. The van der Waals surface area contributed by atoms with Crippen LogP contribution in [0.25, 0.3) is 0 Å². The minimum atomic E-state index is -0.802. The molecule has 0 bridgehead atoms. The van der Waals surface area contributed by atoms with Gasteiger partial charge >= 0.3 is 5.97 Å². The number of aliphatic carboxylic acids is 1. The van der Waals surface area contributed by atoms with E-state index in [2.05, 4.69) is 10.6 Å².